The summed E-state index contributed by atoms with van der Waals surface area (Å²) in [7, 11) is 0. The Hall–Kier alpha value is -4.18. The lowest BCUT2D eigenvalue weighted by Gasteiger charge is -2.40. The number of ether oxygens (including phenoxy) is 1. The Bertz CT molecular complexity index is 1550. The van der Waals surface area contributed by atoms with Crippen LogP contribution in [0.1, 0.15) is 22.3 Å². The Kier molecular flexibility index (Phi) is 9.68. The van der Waals surface area contributed by atoms with E-state index in [1.807, 2.05) is 115 Å². The van der Waals surface area contributed by atoms with E-state index >= 15 is 4.79 Å². The smallest absolute Gasteiger partial charge is 0.452 e. The van der Waals surface area contributed by atoms with Crippen LogP contribution in [0.5, 0.6) is 0 Å². The minimum absolute atomic E-state index is 0.111. The third-order valence-corrected chi connectivity index (χ3v) is 9.40. The van der Waals surface area contributed by atoms with Crippen molar-refractivity contribution in [2.24, 2.45) is 0 Å². The molecule has 0 aliphatic carbocycles. The highest BCUT2D eigenvalue weighted by molar-refractivity contribution is 6.30. The Morgan fingerprint density at radius 1 is 0.702 bits per heavy atom. The van der Waals surface area contributed by atoms with Crippen molar-refractivity contribution in [1.29, 1.82) is 0 Å². The maximum atomic E-state index is 15.1. The van der Waals surface area contributed by atoms with Gasteiger partial charge in [-0.05, 0) is 34.4 Å². The Balaban J connectivity index is 1.32. The summed E-state index contributed by atoms with van der Waals surface area (Å²) in [5.74, 6) is -2.54. The first-order valence-corrected chi connectivity index (χ1v) is 16.0. The predicted molar refractivity (Wildman–Crippen MR) is 174 cm³/mol. The largest absolute Gasteiger partial charge is 0.490 e. The summed E-state index contributed by atoms with van der Waals surface area (Å²) >= 11 is 6.04. The summed E-state index contributed by atoms with van der Waals surface area (Å²) in [6.07, 6.45) is -6.31. The maximum absolute atomic E-state index is 15.1. The third-order valence-electron chi connectivity index (χ3n) is 9.15. The van der Waals surface area contributed by atoms with Gasteiger partial charge in [0.05, 0.1) is 12.6 Å². The molecule has 4 aromatic rings. The molecule has 0 spiro atoms. The van der Waals surface area contributed by atoms with Gasteiger partial charge in [-0.1, -0.05) is 115 Å². The molecule has 4 aromatic carbocycles. The van der Waals surface area contributed by atoms with Gasteiger partial charge in [-0.2, -0.15) is 13.2 Å². The molecule has 0 unspecified atom stereocenters. The van der Waals surface area contributed by atoms with E-state index in [0.717, 1.165) is 22.3 Å². The Morgan fingerprint density at radius 3 is 1.66 bits per heavy atom. The van der Waals surface area contributed by atoms with Crippen molar-refractivity contribution in [2.45, 2.75) is 30.3 Å². The van der Waals surface area contributed by atoms with E-state index in [2.05, 4.69) is 9.80 Å². The van der Waals surface area contributed by atoms with E-state index in [9.17, 15) is 18.0 Å². The molecule has 2 aliphatic heterocycles. The molecule has 2 heterocycles. The number of rotatable bonds is 8. The fourth-order valence-electron chi connectivity index (χ4n) is 6.87. The summed E-state index contributed by atoms with van der Waals surface area (Å²) in [4.78, 5) is 33.2. The molecule has 0 N–H and O–H groups in total. The summed E-state index contributed by atoms with van der Waals surface area (Å²) in [6, 6.07) is 35.2. The summed E-state index contributed by atoms with van der Waals surface area (Å²) in [5, 5.41) is 0.661. The van der Waals surface area contributed by atoms with Crippen molar-refractivity contribution in [2.75, 3.05) is 39.3 Å². The lowest BCUT2D eigenvalue weighted by atomic mass is 9.68. The van der Waals surface area contributed by atoms with Gasteiger partial charge in [0.1, 0.15) is 11.5 Å². The number of benzene rings is 4. The summed E-state index contributed by atoms with van der Waals surface area (Å²) in [5.41, 5.74) is 1.99. The number of esters is 1. The number of nitrogens with zero attached hydrogens (tertiary/aromatic N) is 3. The molecular weight excluding hydrogens is 627 g/mol. The molecular formula is C37H35ClF3N3O3. The molecule has 6 nitrogen and oxygen atoms in total. The highest BCUT2D eigenvalue weighted by Gasteiger charge is 2.52. The van der Waals surface area contributed by atoms with Gasteiger partial charge in [0, 0.05) is 44.3 Å². The predicted octanol–water partition coefficient (Wildman–Crippen LogP) is 6.18. The molecule has 6 rings (SSSR count). The second kappa shape index (κ2) is 13.9. The number of likely N-dealkylation sites (tertiary alicyclic amines) is 1. The van der Waals surface area contributed by atoms with Crippen molar-refractivity contribution in [1.82, 2.24) is 14.7 Å². The van der Waals surface area contributed by atoms with Crippen molar-refractivity contribution in [3.05, 3.63) is 143 Å². The van der Waals surface area contributed by atoms with Gasteiger partial charge in [0.2, 0.25) is 5.91 Å². The van der Waals surface area contributed by atoms with Crippen molar-refractivity contribution in [3.63, 3.8) is 0 Å². The fraction of sp³-hybridized carbons (Fsp3) is 0.297. The normalized spacial score (nSPS) is 19.4. The van der Waals surface area contributed by atoms with Gasteiger partial charge >= 0.3 is 12.1 Å². The summed E-state index contributed by atoms with van der Waals surface area (Å²) in [6.45, 7) is 3.07. The van der Waals surface area contributed by atoms with Crippen LogP contribution in [0, 0.1) is 0 Å². The maximum Gasteiger partial charge on any atom is 0.490 e. The van der Waals surface area contributed by atoms with Crippen LogP contribution >= 0.6 is 11.6 Å². The van der Waals surface area contributed by atoms with Crippen LogP contribution in [-0.4, -0.2) is 84.2 Å². The molecule has 47 heavy (non-hydrogen) atoms. The minimum atomic E-state index is -5.15. The highest BCUT2D eigenvalue weighted by Crippen LogP contribution is 2.42. The van der Waals surface area contributed by atoms with Crippen molar-refractivity contribution in [3.8, 4) is 0 Å². The van der Waals surface area contributed by atoms with Crippen LogP contribution in [-0.2, 0) is 26.3 Å². The monoisotopic (exact) mass is 661 g/mol. The number of carbonyl (C=O) groups excluding carboxylic acids is 2. The second-order valence-corrected chi connectivity index (χ2v) is 12.4. The average Bonchev–Trinajstić information content (AvgIpc) is 3.51. The fourth-order valence-corrected chi connectivity index (χ4v) is 6.99. The second-order valence-electron chi connectivity index (χ2n) is 12.0. The summed E-state index contributed by atoms with van der Waals surface area (Å²) < 4.78 is 45.6. The number of piperazine rings is 1. The molecule has 2 aliphatic rings. The van der Waals surface area contributed by atoms with Crippen LogP contribution in [0.25, 0.3) is 0 Å². The van der Waals surface area contributed by atoms with E-state index in [0.29, 0.717) is 37.7 Å². The Morgan fingerprint density at radius 2 is 1.19 bits per heavy atom. The molecule has 0 bridgehead atoms. The number of amides is 1. The first-order chi connectivity index (χ1) is 22.7. The average molecular weight is 662 g/mol. The zero-order chi connectivity index (χ0) is 33.0. The zero-order valence-electron chi connectivity index (χ0n) is 25.7. The molecule has 2 atom stereocenters. The number of hydrogen-bond acceptors (Lipinski definition) is 5. The standard InChI is InChI=1S/C37H35ClF3N3O3/c38-31-18-16-27(17-19-31)24-42-20-22-43(23-21-42)32-25-44(26-33(32)47-35(46)37(39,40)41)34(45)36(28-10-4-1-5-11-28,29-12-6-2-7-13-29)30-14-8-3-9-15-30/h1-19,32-33H,20-26H2/t32-,33-/m0/s1. The van der Waals surface area contributed by atoms with Gasteiger partial charge < -0.3 is 9.64 Å². The van der Waals surface area contributed by atoms with Gasteiger partial charge in [0.25, 0.3) is 0 Å². The first kappa shape index (κ1) is 32.7. The quantitative estimate of drug-likeness (QED) is 0.167. The van der Waals surface area contributed by atoms with E-state index < -0.39 is 29.7 Å². The molecule has 1 amide bonds. The minimum Gasteiger partial charge on any atom is -0.452 e. The molecule has 10 heteroatoms. The van der Waals surface area contributed by atoms with E-state index in [1.165, 1.54) is 0 Å². The lowest BCUT2D eigenvalue weighted by molar-refractivity contribution is -0.206. The number of carbonyl (C=O) groups is 2. The van der Waals surface area contributed by atoms with E-state index in [4.69, 9.17) is 16.3 Å². The highest BCUT2D eigenvalue weighted by atomic mass is 35.5. The zero-order valence-corrected chi connectivity index (χ0v) is 26.4. The van der Waals surface area contributed by atoms with Gasteiger partial charge in [0.15, 0.2) is 0 Å². The van der Waals surface area contributed by atoms with E-state index in [-0.39, 0.29) is 19.0 Å². The SMILES string of the molecule is O=C(O[C@H]1CN(C(=O)C(c2ccccc2)(c2ccccc2)c2ccccc2)C[C@@H]1N1CCN(Cc2ccc(Cl)cc2)CC1)C(F)(F)F. The molecule has 0 saturated carbocycles. The lowest BCUT2D eigenvalue weighted by Crippen LogP contribution is -2.54. The number of halogens is 4. The van der Waals surface area contributed by atoms with Crippen LogP contribution in [0.15, 0.2) is 115 Å². The Labute approximate surface area is 277 Å². The van der Waals surface area contributed by atoms with Crippen LogP contribution in [0.4, 0.5) is 13.2 Å². The topological polar surface area (TPSA) is 53.1 Å². The van der Waals surface area contributed by atoms with Crippen LogP contribution in [0.3, 0.4) is 0 Å². The van der Waals surface area contributed by atoms with Crippen LogP contribution < -0.4 is 0 Å². The van der Waals surface area contributed by atoms with Crippen LogP contribution in [0.2, 0.25) is 5.02 Å². The molecule has 2 saturated heterocycles. The van der Waals surface area contributed by atoms with Crippen molar-refractivity contribution < 1.29 is 27.5 Å². The number of alkyl halides is 3. The molecule has 2 fully saturated rings. The van der Waals surface area contributed by atoms with Gasteiger partial charge in [-0.25, -0.2) is 4.79 Å². The number of hydrogen-bond donors (Lipinski definition) is 0. The van der Waals surface area contributed by atoms with Gasteiger partial charge in [-0.15, -0.1) is 0 Å². The van der Waals surface area contributed by atoms with Gasteiger partial charge in [-0.3, -0.25) is 14.6 Å². The first-order valence-electron chi connectivity index (χ1n) is 15.6. The third kappa shape index (κ3) is 6.93. The molecule has 0 radical (unpaired) electrons. The van der Waals surface area contributed by atoms with Crippen molar-refractivity contribution >= 4 is 23.5 Å². The van der Waals surface area contributed by atoms with E-state index in [1.54, 1.807) is 4.90 Å². The molecule has 0 aromatic heterocycles. The molecule has 244 valence electrons.